The van der Waals surface area contributed by atoms with Crippen LogP contribution in [0.4, 0.5) is 5.82 Å². The third kappa shape index (κ3) is 4.31. The van der Waals surface area contributed by atoms with E-state index in [9.17, 15) is 4.79 Å². The van der Waals surface area contributed by atoms with E-state index >= 15 is 0 Å². The molecule has 5 rings (SSSR count). The Morgan fingerprint density at radius 1 is 1.19 bits per heavy atom. The highest BCUT2D eigenvalue weighted by molar-refractivity contribution is 5.94. The number of hydrogen-bond acceptors (Lipinski definition) is 6. The van der Waals surface area contributed by atoms with Gasteiger partial charge >= 0.3 is 0 Å². The zero-order chi connectivity index (χ0) is 21.4. The van der Waals surface area contributed by atoms with Gasteiger partial charge in [0.25, 0.3) is 0 Å². The van der Waals surface area contributed by atoms with Crippen molar-refractivity contribution in [3.05, 3.63) is 36.7 Å². The van der Waals surface area contributed by atoms with Gasteiger partial charge in [0, 0.05) is 42.1 Å². The molecule has 8 heteroatoms. The molecule has 1 amide bonds. The van der Waals surface area contributed by atoms with Gasteiger partial charge in [0.1, 0.15) is 0 Å². The number of nitrogens with one attached hydrogen (secondary N) is 1. The van der Waals surface area contributed by atoms with Gasteiger partial charge in [-0.25, -0.2) is 0 Å². The van der Waals surface area contributed by atoms with E-state index in [1.807, 2.05) is 37.6 Å². The van der Waals surface area contributed by atoms with E-state index in [4.69, 9.17) is 4.74 Å². The molecule has 0 unspecified atom stereocenters. The molecule has 0 bridgehead atoms. The Morgan fingerprint density at radius 3 is 2.68 bits per heavy atom. The minimum atomic E-state index is 0.0147. The average molecular weight is 421 g/mol. The minimum Gasteiger partial charge on any atom is -0.380 e. The summed E-state index contributed by atoms with van der Waals surface area (Å²) in [7, 11) is 1.90. The molecule has 0 spiro atoms. The summed E-state index contributed by atoms with van der Waals surface area (Å²) in [6.45, 7) is 6.91. The largest absolute Gasteiger partial charge is 0.380 e. The van der Waals surface area contributed by atoms with Crippen LogP contribution in [0.1, 0.15) is 19.8 Å². The van der Waals surface area contributed by atoms with E-state index in [0.29, 0.717) is 5.82 Å². The molecule has 0 saturated carbocycles. The van der Waals surface area contributed by atoms with Crippen LogP contribution in [0.2, 0.25) is 0 Å². The summed E-state index contributed by atoms with van der Waals surface area (Å²) in [5, 5.41) is 16.7. The smallest absolute Gasteiger partial charge is 0.228 e. The van der Waals surface area contributed by atoms with E-state index in [-0.39, 0.29) is 17.2 Å². The first-order valence-corrected chi connectivity index (χ1v) is 10.8. The van der Waals surface area contributed by atoms with Crippen molar-refractivity contribution in [1.82, 2.24) is 24.9 Å². The number of piperidine rings is 1. The van der Waals surface area contributed by atoms with Crippen LogP contribution in [0, 0.1) is 11.3 Å². The molecular weight excluding hydrogens is 392 g/mol. The first-order valence-electron chi connectivity index (χ1n) is 10.8. The maximum Gasteiger partial charge on any atom is 0.228 e. The van der Waals surface area contributed by atoms with Crippen molar-refractivity contribution in [2.45, 2.75) is 19.8 Å². The molecule has 162 valence electrons. The predicted molar refractivity (Wildman–Crippen MR) is 118 cm³/mol. The third-order valence-corrected chi connectivity index (χ3v) is 6.34. The molecule has 1 N–H and O–H groups in total. The second-order valence-corrected chi connectivity index (χ2v) is 9.25. The number of amides is 1. The number of rotatable bonds is 5. The van der Waals surface area contributed by atoms with Crippen molar-refractivity contribution in [2.75, 3.05) is 38.2 Å². The van der Waals surface area contributed by atoms with Crippen LogP contribution in [0.3, 0.4) is 0 Å². The number of fused-ring (bicyclic) bond motifs is 1. The molecule has 2 aliphatic heterocycles. The summed E-state index contributed by atoms with van der Waals surface area (Å²) >= 11 is 0. The molecule has 2 aromatic heterocycles. The number of nitrogens with zero attached hydrogens (tertiary/aromatic N) is 5. The Labute approximate surface area is 181 Å². The molecule has 3 aromatic rings. The van der Waals surface area contributed by atoms with Crippen molar-refractivity contribution >= 4 is 22.6 Å². The molecule has 2 saturated heterocycles. The standard InChI is InChI=1S/C23H28N6O2/c1-23(14-31-15-23)13-29-7-5-16(6-8-29)22(30)25-21-10-18-9-17(3-4-20(18)26-27-21)19-11-24-28(2)12-19/h3-4,9-12,16H,5-8,13-15H2,1-2H3,(H,25,27,30). The SMILES string of the molecule is Cn1cc(-c2ccc3nnc(NC(=O)C4CCN(CC5(C)COC5)CC4)cc3c2)cn1. The van der Waals surface area contributed by atoms with Crippen molar-refractivity contribution in [2.24, 2.45) is 18.4 Å². The maximum atomic E-state index is 12.8. The van der Waals surface area contributed by atoms with Crippen LogP contribution < -0.4 is 5.32 Å². The van der Waals surface area contributed by atoms with Gasteiger partial charge in [0.05, 0.1) is 24.9 Å². The van der Waals surface area contributed by atoms with Crippen molar-refractivity contribution < 1.29 is 9.53 Å². The van der Waals surface area contributed by atoms with Gasteiger partial charge in [-0.1, -0.05) is 13.0 Å². The summed E-state index contributed by atoms with van der Waals surface area (Å²) in [5.41, 5.74) is 3.18. The zero-order valence-electron chi connectivity index (χ0n) is 18.0. The van der Waals surface area contributed by atoms with Crippen LogP contribution in [-0.4, -0.2) is 63.6 Å². The van der Waals surface area contributed by atoms with E-state index < -0.39 is 0 Å². The molecular formula is C23H28N6O2. The number of ether oxygens (including phenoxy) is 1. The van der Waals surface area contributed by atoms with Gasteiger partial charge in [-0.2, -0.15) is 5.10 Å². The Balaban J connectivity index is 1.23. The maximum absolute atomic E-state index is 12.8. The molecule has 8 nitrogen and oxygen atoms in total. The summed E-state index contributed by atoms with van der Waals surface area (Å²) in [4.78, 5) is 15.3. The van der Waals surface area contributed by atoms with E-state index in [1.165, 1.54) is 0 Å². The molecule has 4 heterocycles. The zero-order valence-corrected chi connectivity index (χ0v) is 18.0. The molecule has 0 atom stereocenters. The Hall–Kier alpha value is -2.84. The molecule has 0 radical (unpaired) electrons. The summed E-state index contributed by atoms with van der Waals surface area (Å²) in [6.07, 6.45) is 5.55. The number of benzene rings is 1. The van der Waals surface area contributed by atoms with Crippen LogP contribution >= 0.6 is 0 Å². The quantitative estimate of drug-likeness (QED) is 0.683. The van der Waals surface area contributed by atoms with Crippen LogP contribution in [0.25, 0.3) is 22.0 Å². The summed E-state index contributed by atoms with van der Waals surface area (Å²) in [5.74, 6) is 0.554. The minimum absolute atomic E-state index is 0.0147. The van der Waals surface area contributed by atoms with Crippen molar-refractivity contribution in [3.63, 3.8) is 0 Å². The van der Waals surface area contributed by atoms with E-state index in [1.54, 1.807) is 4.68 Å². The number of carbonyl (C=O) groups excluding carboxylic acids is 1. The highest BCUT2D eigenvalue weighted by atomic mass is 16.5. The third-order valence-electron chi connectivity index (χ3n) is 6.34. The number of anilines is 1. The summed E-state index contributed by atoms with van der Waals surface area (Å²) < 4.78 is 7.14. The Morgan fingerprint density at radius 2 is 2.00 bits per heavy atom. The Bertz CT molecular complexity index is 1100. The van der Waals surface area contributed by atoms with Crippen LogP contribution in [0.15, 0.2) is 36.7 Å². The molecule has 2 aliphatic rings. The van der Waals surface area contributed by atoms with Gasteiger partial charge in [-0.05, 0) is 49.7 Å². The molecule has 0 aliphatic carbocycles. The van der Waals surface area contributed by atoms with E-state index in [0.717, 1.165) is 67.7 Å². The first-order chi connectivity index (χ1) is 15.0. The van der Waals surface area contributed by atoms with Crippen LogP contribution in [-0.2, 0) is 16.6 Å². The second kappa shape index (κ2) is 8.01. The molecule has 2 fully saturated rings. The summed E-state index contributed by atoms with van der Waals surface area (Å²) in [6, 6.07) is 7.91. The Kier molecular flexibility index (Phi) is 5.19. The lowest BCUT2D eigenvalue weighted by Gasteiger charge is -2.43. The molecule has 1 aromatic carbocycles. The van der Waals surface area contributed by atoms with Crippen molar-refractivity contribution in [3.8, 4) is 11.1 Å². The normalized spacial score (nSPS) is 19.3. The highest BCUT2D eigenvalue weighted by Gasteiger charge is 2.36. The average Bonchev–Trinajstić information content (AvgIpc) is 3.19. The van der Waals surface area contributed by atoms with Crippen LogP contribution in [0.5, 0.6) is 0 Å². The van der Waals surface area contributed by atoms with Gasteiger partial charge < -0.3 is 15.0 Å². The number of carbonyl (C=O) groups is 1. The fourth-order valence-corrected chi connectivity index (χ4v) is 4.52. The van der Waals surface area contributed by atoms with E-state index in [2.05, 4.69) is 38.5 Å². The van der Waals surface area contributed by atoms with Gasteiger partial charge in [0.15, 0.2) is 5.82 Å². The van der Waals surface area contributed by atoms with Gasteiger partial charge in [-0.3, -0.25) is 9.48 Å². The number of aryl methyl sites for hydroxylation is 1. The number of aromatic nitrogens is 4. The number of hydrogen-bond donors (Lipinski definition) is 1. The first kappa shape index (κ1) is 20.1. The monoisotopic (exact) mass is 420 g/mol. The number of likely N-dealkylation sites (tertiary alicyclic amines) is 1. The van der Waals surface area contributed by atoms with Crippen molar-refractivity contribution in [1.29, 1.82) is 0 Å². The highest BCUT2D eigenvalue weighted by Crippen LogP contribution is 2.30. The topological polar surface area (TPSA) is 85.2 Å². The lowest BCUT2D eigenvalue weighted by Crippen LogP contribution is -2.51. The second-order valence-electron chi connectivity index (χ2n) is 9.25. The van der Waals surface area contributed by atoms with Gasteiger partial charge in [-0.15, -0.1) is 10.2 Å². The lowest BCUT2D eigenvalue weighted by molar-refractivity contribution is -0.125. The predicted octanol–water partition coefficient (Wildman–Crippen LogP) is 2.72. The fourth-order valence-electron chi connectivity index (χ4n) is 4.52. The fraction of sp³-hybridized carbons (Fsp3) is 0.478. The van der Waals surface area contributed by atoms with Gasteiger partial charge in [0.2, 0.25) is 5.91 Å². The lowest BCUT2D eigenvalue weighted by atomic mass is 9.86. The molecule has 31 heavy (non-hydrogen) atoms.